The van der Waals surface area contributed by atoms with E-state index in [-0.39, 0.29) is 17.3 Å². The summed E-state index contributed by atoms with van der Waals surface area (Å²) in [5.41, 5.74) is 7.69. The molecule has 0 bridgehead atoms. The molecule has 136 valence electrons. The summed E-state index contributed by atoms with van der Waals surface area (Å²) in [5.74, 6) is 0. The number of sulfonamides is 1. The van der Waals surface area contributed by atoms with Gasteiger partial charge in [0.1, 0.15) is 0 Å². The van der Waals surface area contributed by atoms with Gasteiger partial charge in [0, 0.05) is 43.4 Å². The Kier molecular flexibility index (Phi) is 6.71. The second-order valence-electron chi connectivity index (χ2n) is 5.88. The fraction of sp³-hybridized carbons (Fsp3) is 0.294. The molecular formula is C17H21Cl2N3O2S. The number of hydrogen-bond acceptors (Lipinski definition) is 4. The van der Waals surface area contributed by atoms with Crippen molar-refractivity contribution >= 4 is 39.7 Å². The van der Waals surface area contributed by atoms with Gasteiger partial charge in [-0.2, -0.15) is 4.31 Å². The van der Waals surface area contributed by atoms with Gasteiger partial charge in [-0.05, 0) is 35.9 Å². The van der Waals surface area contributed by atoms with Crippen LogP contribution in [0.5, 0.6) is 0 Å². The molecule has 2 aromatic rings. The predicted molar refractivity (Wildman–Crippen MR) is 104 cm³/mol. The van der Waals surface area contributed by atoms with Crippen molar-refractivity contribution in [2.24, 2.45) is 0 Å². The number of nitrogens with zero attached hydrogens (tertiary/aromatic N) is 2. The van der Waals surface area contributed by atoms with Gasteiger partial charge < -0.3 is 5.73 Å². The number of hydrogen-bond donors (Lipinski definition) is 1. The van der Waals surface area contributed by atoms with E-state index in [0.717, 1.165) is 17.8 Å². The first-order valence-corrected chi connectivity index (χ1v) is 9.59. The molecule has 1 saturated heterocycles. The summed E-state index contributed by atoms with van der Waals surface area (Å²) < 4.78 is 26.9. The van der Waals surface area contributed by atoms with Crippen LogP contribution in [0.4, 0.5) is 5.69 Å². The first-order valence-electron chi connectivity index (χ1n) is 7.78. The summed E-state index contributed by atoms with van der Waals surface area (Å²) in [6, 6.07) is 14.2. The number of benzene rings is 2. The minimum atomic E-state index is -3.49. The molecule has 0 amide bonds. The zero-order valence-electron chi connectivity index (χ0n) is 13.6. The van der Waals surface area contributed by atoms with Gasteiger partial charge in [0.2, 0.25) is 10.0 Å². The molecule has 3 rings (SSSR count). The van der Waals surface area contributed by atoms with Crippen LogP contribution in [0.15, 0.2) is 53.4 Å². The molecule has 1 fully saturated rings. The van der Waals surface area contributed by atoms with E-state index in [2.05, 4.69) is 4.90 Å². The molecule has 25 heavy (non-hydrogen) atoms. The second kappa shape index (κ2) is 8.38. The lowest BCUT2D eigenvalue weighted by Crippen LogP contribution is -2.48. The monoisotopic (exact) mass is 401 g/mol. The van der Waals surface area contributed by atoms with E-state index < -0.39 is 10.0 Å². The number of halogens is 2. The van der Waals surface area contributed by atoms with Crippen molar-refractivity contribution in [2.45, 2.75) is 11.4 Å². The molecule has 0 saturated carbocycles. The SMILES string of the molecule is Cl.Nc1cccc(CN2CCN(S(=O)(=O)c3cccc(Cl)c3)CC2)c1. The van der Waals surface area contributed by atoms with Gasteiger partial charge in [0.05, 0.1) is 4.90 Å². The molecule has 0 atom stereocenters. The Morgan fingerprint density at radius 2 is 1.68 bits per heavy atom. The number of piperazine rings is 1. The molecule has 1 aliphatic rings. The quantitative estimate of drug-likeness (QED) is 0.799. The van der Waals surface area contributed by atoms with Crippen LogP contribution in [0.1, 0.15) is 5.56 Å². The van der Waals surface area contributed by atoms with Crippen LogP contribution in [0.25, 0.3) is 0 Å². The number of nitrogens with two attached hydrogens (primary N) is 1. The molecule has 0 radical (unpaired) electrons. The molecule has 8 heteroatoms. The van der Waals surface area contributed by atoms with Crippen LogP contribution >= 0.6 is 24.0 Å². The van der Waals surface area contributed by atoms with Crippen molar-refractivity contribution < 1.29 is 8.42 Å². The summed E-state index contributed by atoms with van der Waals surface area (Å²) in [7, 11) is -3.49. The molecule has 0 spiro atoms. The molecule has 2 aromatic carbocycles. The van der Waals surface area contributed by atoms with Gasteiger partial charge in [-0.25, -0.2) is 8.42 Å². The Labute approximate surface area is 159 Å². The standard InChI is InChI=1S/C17H20ClN3O2S.ClH/c18-15-4-2-6-17(12-15)24(22,23)21-9-7-20(8-10-21)13-14-3-1-5-16(19)11-14;/h1-6,11-12H,7-10,13,19H2;1H. The highest BCUT2D eigenvalue weighted by Gasteiger charge is 2.28. The van der Waals surface area contributed by atoms with E-state index in [1.807, 2.05) is 24.3 Å². The van der Waals surface area contributed by atoms with Gasteiger partial charge in [-0.1, -0.05) is 29.8 Å². The van der Waals surface area contributed by atoms with E-state index in [0.29, 0.717) is 31.2 Å². The van der Waals surface area contributed by atoms with Gasteiger partial charge in [-0.3, -0.25) is 4.90 Å². The highest BCUT2D eigenvalue weighted by molar-refractivity contribution is 7.89. The first-order chi connectivity index (χ1) is 11.4. The highest BCUT2D eigenvalue weighted by Crippen LogP contribution is 2.21. The summed E-state index contributed by atoms with van der Waals surface area (Å²) in [6.45, 7) is 3.09. The number of anilines is 1. The van der Waals surface area contributed by atoms with Crippen LogP contribution < -0.4 is 5.73 Å². The molecule has 0 aliphatic carbocycles. The Hall–Kier alpha value is -1.31. The van der Waals surface area contributed by atoms with Crippen LogP contribution in [-0.4, -0.2) is 43.8 Å². The lowest BCUT2D eigenvalue weighted by Gasteiger charge is -2.34. The van der Waals surface area contributed by atoms with E-state index in [1.165, 1.54) is 10.4 Å². The van der Waals surface area contributed by atoms with Gasteiger partial charge in [0.25, 0.3) is 0 Å². The maximum absolute atomic E-state index is 12.7. The fourth-order valence-electron chi connectivity index (χ4n) is 2.85. The molecule has 5 nitrogen and oxygen atoms in total. The normalized spacial score (nSPS) is 16.4. The summed E-state index contributed by atoms with van der Waals surface area (Å²) >= 11 is 5.91. The van der Waals surface area contributed by atoms with E-state index in [1.54, 1.807) is 18.2 Å². The zero-order valence-corrected chi connectivity index (χ0v) is 16.0. The predicted octanol–water partition coefficient (Wildman–Crippen LogP) is 2.85. The third-order valence-corrected chi connectivity index (χ3v) is 6.25. The number of rotatable bonds is 4. The van der Waals surface area contributed by atoms with Gasteiger partial charge in [0.15, 0.2) is 0 Å². The van der Waals surface area contributed by atoms with Crippen molar-refractivity contribution in [1.29, 1.82) is 0 Å². The lowest BCUT2D eigenvalue weighted by molar-refractivity contribution is 0.181. The molecule has 0 aromatic heterocycles. The topological polar surface area (TPSA) is 66.6 Å². The number of nitrogen functional groups attached to an aromatic ring is 1. The van der Waals surface area contributed by atoms with Crippen LogP contribution in [0.3, 0.4) is 0 Å². The third kappa shape index (κ3) is 4.86. The van der Waals surface area contributed by atoms with E-state index >= 15 is 0 Å². The molecular weight excluding hydrogens is 381 g/mol. The summed E-state index contributed by atoms with van der Waals surface area (Å²) in [4.78, 5) is 2.48. The first kappa shape index (κ1) is 20.0. The maximum atomic E-state index is 12.7. The van der Waals surface area contributed by atoms with Crippen molar-refractivity contribution in [3.05, 3.63) is 59.1 Å². The molecule has 1 aliphatic heterocycles. The van der Waals surface area contributed by atoms with Crippen LogP contribution in [0, 0.1) is 0 Å². The largest absolute Gasteiger partial charge is 0.399 e. The minimum absolute atomic E-state index is 0. The van der Waals surface area contributed by atoms with Gasteiger partial charge in [-0.15, -0.1) is 12.4 Å². The van der Waals surface area contributed by atoms with Crippen molar-refractivity contribution in [1.82, 2.24) is 9.21 Å². The van der Waals surface area contributed by atoms with E-state index in [4.69, 9.17) is 17.3 Å². The lowest BCUT2D eigenvalue weighted by atomic mass is 10.2. The van der Waals surface area contributed by atoms with Crippen LogP contribution in [0.2, 0.25) is 5.02 Å². The van der Waals surface area contributed by atoms with Crippen molar-refractivity contribution in [2.75, 3.05) is 31.9 Å². The molecule has 2 N–H and O–H groups in total. The summed E-state index contributed by atoms with van der Waals surface area (Å²) in [5, 5.41) is 0.427. The fourth-order valence-corrected chi connectivity index (χ4v) is 4.58. The Morgan fingerprint density at radius 3 is 2.32 bits per heavy atom. The maximum Gasteiger partial charge on any atom is 0.243 e. The summed E-state index contributed by atoms with van der Waals surface area (Å²) in [6.07, 6.45) is 0. The van der Waals surface area contributed by atoms with E-state index in [9.17, 15) is 8.42 Å². The Bertz CT molecular complexity index is 822. The average Bonchev–Trinajstić information content (AvgIpc) is 2.55. The molecule has 0 unspecified atom stereocenters. The second-order valence-corrected chi connectivity index (χ2v) is 8.26. The Balaban J connectivity index is 0.00000225. The zero-order chi connectivity index (χ0) is 17.2. The highest BCUT2D eigenvalue weighted by atomic mass is 35.5. The minimum Gasteiger partial charge on any atom is -0.399 e. The van der Waals surface area contributed by atoms with Crippen molar-refractivity contribution in [3.63, 3.8) is 0 Å². The smallest absolute Gasteiger partial charge is 0.243 e. The Morgan fingerprint density at radius 1 is 1.00 bits per heavy atom. The molecule has 1 heterocycles. The van der Waals surface area contributed by atoms with Gasteiger partial charge >= 0.3 is 0 Å². The average molecular weight is 402 g/mol. The van der Waals surface area contributed by atoms with Crippen LogP contribution in [-0.2, 0) is 16.6 Å². The third-order valence-electron chi connectivity index (χ3n) is 4.12. The van der Waals surface area contributed by atoms with Crippen molar-refractivity contribution in [3.8, 4) is 0 Å².